The van der Waals surface area contributed by atoms with Gasteiger partial charge in [-0.2, -0.15) is 0 Å². The first kappa shape index (κ1) is 16.5. The number of carboxylic acids is 1. The lowest BCUT2D eigenvalue weighted by molar-refractivity contribution is -0.137. The minimum Gasteiger partial charge on any atom is -0.481 e. The average molecular weight is 346 g/mol. The molecule has 2 aromatic rings. The Morgan fingerprint density at radius 3 is 2.88 bits per heavy atom. The number of aromatic nitrogens is 3. The van der Waals surface area contributed by atoms with Crippen LogP contribution >= 0.6 is 11.3 Å². The zero-order valence-corrected chi connectivity index (χ0v) is 13.9. The summed E-state index contributed by atoms with van der Waals surface area (Å²) in [5.74, 6) is -0.132. The lowest BCUT2D eigenvalue weighted by Crippen LogP contribution is -2.40. The second-order valence-corrected chi connectivity index (χ2v) is 6.66. The molecule has 0 bridgehead atoms. The molecule has 0 saturated carbocycles. The molecule has 0 spiro atoms. The molecule has 8 heteroatoms. The summed E-state index contributed by atoms with van der Waals surface area (Å²) in [5, 5.41) is 11.2. The molecular formula is C16H18N4O3S. The molecule has 1 aliphatic rings. The van der Waals surface area contributed by atoms with Gasteiger partial charge in [0.25, 0.3) is 5.91 Å². The molecule has 3 heterocycles. The summed E-state index contributed by atoms with van der Waals surface area (Å²) in [6, 6.07) is 1.73. The van der Waals surface area contributed by atoms with E-state index >= 15 is 0 Å². The van der Waals surface area contributed by atoms with Gasteiger partial charge in [0.2, 0.25) is 0 Å². The second kappa shape index (κ2) is 7.48. The van der Waals surface area contributed by atoms with Gasteiger partial charge in [-0.15, -0.1) is 11.3 Å². The van der Waals surface area contributed by atoms with Crippen molar-refractivity contribution in [1.29, 1.82) is 0 Å². The van der Waals surface area contributed by atoms with Crippen LogP contribution in [-0.2, 0) is 4.79 Å². The summed E-state index contributed by atoms with van der Waals surface area (Å²) in [6.45, 7) is 1.29. The number of hydrogen-bond donors (Lipinski definition) is 1. The highest BCUT2D eigenvalue weighted by molar-refractivity contribution is 7.13. The molecule has 0 unspecified atom stereocenters. The van der Waals surface area contributed by atoms with E-state index < -0.39 is 5.97 Å². The van der Waals surface area contributed by atoms with Gasteiger partial charge in [0.15, 0.2) is 10.8 Å². The highest BCUT2D eigenvalue weighted by atomic mass is 32.1. The first-order chi connectivity index (χ1) is 11.6. The number of carbonyl (C=O) groups is 2. The number of likely N-dealkylation sites (tertiary alicyclic amines) is 1. The SMILES string of the molecule is O=C(O)CC[C@H]1CCCN(C(=O)c2csc(-c3ncccn3)n2)C1. The number of carbonyl (C=O) groups excluding carboxylic acids is 1. The Bertz CT molecular complexity index is 719. The van der Waals surface area contributed by atoms with Crippen LogP contribution in [0.2, 0.25) is 0 Å². The number of nitrogens with zero attached hydrogens (tertiary/aromatic N) is 4. The standard InChI is InChI=1S/C16H18N4O3S/c21-13(22)5-4-11-3-1-8-20(9-11)16(23)12-10-24-15(19-12)14-17-6-2-7-18-14/h2,6-7,10-11H,1,3-5,8-9H2,(H,21,22)/t11-/m1/s1. The van der Waals surface area contributed by atoms with Gasteiger partial charge in [0, 0.05) is 37.3 Å². The summed E-state index contributed by atoms with van der Waals surface area (Å²) >= 11 is 1.35. The van der Waals surface area contributed by atoms with Gasteiger partial charge in [-0.1, -0.05) is 0 Å². The van der Waals surface area contributed by atoms with Crippen molar-refractivity contribution in [1.82, 2.24) is 19.9 Å². The Labute approximate surface area is 143 Å². The minimum absolute atomic E-state index is 0.103. The van der Waals surface area contributed by atoms with Crippen molar-refractivity contribution in [2.75, 3.05) is 13.1 Å². The zero-order valence-electron chi connectivity index (χ0n) is 13.1. The van der Waals surface area contributed by atoms with E-state index in [1.54, 1.807) is 28.7 Å². The Kier molecular flexibility index (Phi) is 5.14. The Morgan fingerprint density at radius 1 is 1.33 bits per heavy atom. The quantitative estimate of drug-likeness (QED) is 0.892. The fraction of sp³-hybridized carbons (Fsp3) is 0.438. The Morgan fingerprint density at radius 2 is 2.12 bits per heavy atom. The third-order valence-corrected chi connectivity index (χ3v) is 4.89. The van der Waals surface area contributed by atoms with E-state index in [1.165, 1.54) is 11.3 Å². The number of piperidine rings is 1. The maximum atomic E-state index is 12.6. The Balaban J connectivity index is 1.66. The van der Waals surface area contributed by atoms with E-state index in [2.05, 4.69) is 15.0 Å². The van der Waals surface area contributed by atoms with Crippen molar-refractivity contribution in [3.63, 3.8) is 0 Å². The van der Waals surface area contributed by atoms with Gasteiger partial charge in [-0.05, 0) is 31.2 Å². The molecule has 126 valence electrons. The summed E-state index contributed by atoms with van der Waals surface area (Å²) in [4.78, 5) is 37.8. The molecule has 1 atom stereocenters. The second-order valence-electron chi connectivity index (χ2n) is 5.80. The molecule has 24 heavy (non-hydrogen) atoms. The molecule has 1 amide bonds. The molecule has 1 fully saturated rings. The largest absolute Gasteiger partial charge is 0.481 e. The molecule has 0 radical (unpaired) electrons. The van der Waals surface area contributed by atoms with Crippen LogP contribution in [0, 0.1) is 5.92 Å². The molecule has 3 rings (SSSR count). The van der Waals surface area contributed by atoms with E-state index in [1.807, 2.05) is 0 Å². The third-order valence-electron chi connectivity index (χ3n) is 4.05. The van der Waals surface area contributed by atoms with Gasteiger partial charge >= 0.3 is 5.97 Å². The maximum Gasteiger partial charge on any atom is 0.303 e. The van der Waals surface area contributed by atoms with Crippen LogP contribution in [0.15, 0.2) is 23.8 Å². The summed E-state index contributed by atoms with van der Waals surface area (Å²) in [5.41, 5.74) is 0.404. The molecule has 0 aromatic carbocycles. The van der Waals surface area contributed by atoms with Crippen molar-refractivity contribution in [2.24, 2.45) is 5.92 Å². The average Bonchev–Trinajstić information content (AvgIpc) is 3.10. The first-order valence-corrected chi connectivity index (χ1v) is 8.75. The fourth-order valence-corrected chi connectivity index (χ4v) is 3.60. The van der Waals surface area contributed by atoms with Gasteiger partial charge < -0.3 is 10.0 Å². The third kappa shape index (κ3) is 3.94. The van der Waals surface area contributed by atoms with Crippen LogP contribution in [0.4, 0.5) is 0 Å². The molecule has 1 saturated heterocycles. The Hall–Kier alpha value is -2.35. The van der Waals surface area contributed by atoms with Crippen LogP contribution in [0.5, 0.6) is 0 Å². The van der Waals surface area contributed by atoms with Crippen molar-refractivity contribution in [2.45, 2.75) is 25.7 Å². The predicted molar refractivity (Wildman–Crippen MR) is 88.6 cm³/mol. The monoisotopic (exact) mass is 346 g/mol. The van der Waals surface area contributed by atoms with Crippen molar-refractivity contribution >= 4 is 23.2 Å². The lowest BCUT2D eigenvalue weighted by Gasteiger charge is -2.32. The van der Waals surface area contributed by atoms with E-state index in [4.69, 9.17) is 5.11 Å². The highest BCUT2D eigenvalue weighted by Crippen LogP contribution is 2.24. The molecule has 2 aromatic heterocycles. The van der Waals surface area contributed by atoms with E-state index in [-0.39, 0.29) is 18.2 Å². The zero-order chi connectivity index (χ0) is 16.9. The van der Waals surface area contributed by atoms with E-state index in [9.17, 15) is 9.59 Å². The molecule has 0 aliphatic carbocycles. The van der Waals surface area contributed by atoms with Crippen LogP contribution in [0.25, 0.3) is 10.8 Å². The number of carboxylic acid groups (broad SMARTS) is 1. The fourth-order valence-electron chi connectivity index (χ4n) is 2.86. The number of rotatable bonds is 5. The normalized spacial score (nSPS) is 17.7. The van der Waals surface area contributed by atoms with Gasteiger partial charge in [-0.3, -0.25) is 9.59 Å². The molecule has 1 N–H and O–H groups in total. The van der Waals surface area contributed by atoms with Crippen LogP contribution < -0.4 is 0 Å². The molecule has 1 aliphatic heterocycles. The van der Waals surface area contributed by atoms with E-state index in [0.29, 0.717) is 36.0 Å². The minimum atomic E-state index is -0.787. The first-order valence-electron chi connectivity index (χ1n) is 7.87. The van der Waals surface area contributed by atoms with Crippen LogP contribution in [-0.4, -0.2) is 49.9 Å². The van der Waals surface area contributed by atoms with Gasteiger partial charge in [0.1, 0.15) is 5.69 Å². The van der Waals surface area contributed by atoms with Crippen molar-refractivity contribution in [3.05, 3.63) is 29.5 Å². The predicted octanol–water partition coefficient (Wildman–Crippen LogP) is 2.32. The van der Waals surface area contributed by atoms with Crippen molar-refractivity contribution in [3.8, 4) is 10.8 Å². The van der Waals surface area contributed by atoms with E-state index in [0.717, 1.165) is 12.8 Å². The van der Waals surface area contributed by atoms with Gasteiger partial charge in [0.05, 0.1) is 0 Å². The van der Waals surface area contributed by atoms with Gasteiger partial charge in [-0.25, -0.2) is 15.0 Å². The highest BCUT2D eigenvalue weighted by Gasteiger charge is 2.26. The topological polar surface area (TPSA) is 96.3 Å². The van der Waals surface area contributed by atoms with Crippen molar-refractivity contribution < 1.29 is 14.7 Å². The smallest absolute Gasteiger partial charge is 0.303 e. The number of amides is 1. The molecular weight excluding hydrogens is 328 g/mol. The molecule has 7 nitrogen and oxygen atoms in total. The summed E-state index contributed by atoms with van der Waals surface area (Å²) < 4.78 is 0. The lowest BCUT2D eigenvalue weighted by atomic mass is 9.93. The van der Waals surface area contributed by atoms with Crippen LogP contribution in [0.1, 0.15) is 36.2 Å². The van der Waals surface area contributed by atoms with Crippen LogP contribution in [0.3, 0.4) is 0 Å². The summed E-state index contributed by atoms with van der Waals surface area (Å²) in [7, 11) is 0. The summed E-state index contributed by atoms with van der Waals surface area (Å²) in [6.07, 6.45) is 5.91. The number of thiazole rings is 1. The maximum absolute atomic E-state index is 12.6. The number of hydrogen-bond acceptors (Lipinski definition) is 6. The number of aliphatic carboxylic acids is 1.